The number of carbonyl (C=O) groups excluding carboxylic acids is 1. The predicted octanol–water partition coefficient (Wildman–Crippen LogP) is 5.85. The summed E-state index contributed by atoms with van der Waals surface area (Å²) in [5, 5.41) is 9.52. The van der Waals surface area contributed by atoms with Gasteiger partial charge in [0.1, 0.15) is 12.2 Å². The predicted molar refractivity (Wildman–Crippen MR) is 158 cm³/mol. The van der Waals surface area contributed by atoms with Gasteiger partial charge in [0.15, 0.2) is 11.4 Å². The van der Waals surface area contributed by atoms with Crippen molar-refractivity contribution in [3.05, 3.63) is 42.2 Å². The van der Waals surface area contributed by atoms with Gasteiger partial charge in [0.2, 0.25) is 0 Å². The number of aliphatic hydroxyl groups is 1. The van der Waals surface area contributed by atoms with Gasteiger partial charge in [-0.25, -0.2) is 9.97 Å². The molecule has 0 bridgehead atoms. The van der Waals surface area contributed by atoms with Crippen LogP contribution in [0.5, 0.6) is 0 Å². The van der Waals surface area contributed by atoms with E-state index < -0.39 is 8.07 Å². The van der Waals surface area contributed by atoms with Gasteiger partial charge in [0.05, 0.1) is 17.5 Å². The van der Waals surface area contributed by atoms with Gasteiger partial charge in [-0.05, 0) is 48.8 Å². The van der Waals surface area contributed by atoms with Crippen LogP contribution in [-0.4, -0.2) is 59.8 Å². The van der Waals surface area contributed by atoms with E-state index in [9.17, 15) is 9.90 Å². The van der Waals surface area contributed by atoms with Crippen molar-refractivity contribution in [2.75, 3.05) is 31.2 Å². The minimum absolute atomic E-state index is 0.181. The summed E-state index contributed by atoms with van der Waals surface area (Å²) in [4.78, 5) is 26.2. The van der Waals surface area contributed by atoms with Gasteiger partial charge in [-0.15, -0.1) is 0 Å². The molecule has 0 radical (unpaired) electrons. The first-order valence-corrected chi connectivity index (χ1v) is 18.3. The van der Waals surface area contributed by atoms with E-state index in [1.165, 1.54) is 5.69 Å². The lowest BCUT2D eigenvalue weighted by molar-refractivity contribution is 0.0818. The first-order valence-electron chi connectivity index (χ1n) is 14.6. The first kappa shape index (κ1) is 26.7. The summed E-state index contributed by atoms with van der Waals surface area (Å²) in [6.07, 6.45) is 7.81. The fraction of sp³-hybridized carbons (Fsp3) is 0.581. The second-order valence-corrected chi connectivity index (χ2v) is 19.1. The van der Waals surface area contributed by atoms with E-state index in [2.05, 4.69) is 55.7 Å². The second-order valence-electron chi connectivity index (χ2n) is 13.5. The molecule has 8 heteroatoms. The number of nitrogens with zero attached hydrogens (tertiary/aromatic N) is 4. The summed E-state index contributed by atoms with van der Waals surface area (Å²) in [6.45, 7) is 12.6. The van der Waals surface area contributed by atoms with E-state index in [0.29, 0.717) is 54.4 Å². The van der Waals surface area contributed by atoms with E-state index in [1.54, 1.807) is 0 Å². The Kier molecular flexibility index (Phi) is 6.92. The molecule has 3 aromatic rings. The molecule has 39 heavy (non-hydrogen) atoms. The standard InChI is InChI=1S/C31H42N4O3Si/c1-31(10-5-6-11-31)29(37)25-18-35(20-38-12-13-39(2,3)4)30-28(25)33-27(15-32-30)21-8-7-9-22(14-21)34-16-23-24(17-34)26(23)19-36/h7-9,14-15,18,23-24,26,36H,5-6,10-13,16-17,19-20H2,1-4H3/t23-,24+,26-. The third-order valence-corrected chi connectivity index (χ3v) is 11.1. The number of ether oxygens (including phenoxy) is 1. The second kappa shape index (κ2) is 10.1. The van der Waals surface area contributed by atoms with Crippen LogP contribution in [-0.2, 0) is 11.5 Å². The average molecular weight is 547 g/mol. The molecule has 208 valence electrons. The maximum Gasteiger partial charge on any atom is 0.172 e. The molecule has 3 atom stereocenters. The maximum atomic E-state index is 13.9. The Hall–Kier alpha value is -2.55. The number of benzene rings is 1. The van der Waals surface area contributed by atoms with E-state index in [-0.39, 0.29) is 11.2 Å². The van der Waals surface area contributed by atoms with Crippen LogP contribution in [0.15, 0.2) is 36.7 Å². The molecule has 1 aromatic carbocycles. The van der Waals surface area contributed by atoms with Gasteiger partial charge in [-0.3, -0.25) is 4.79 Å². The number of Topliss-reactive ketones (excluding diaryl/α,β-unsaturated/α-hetero) is 1. The monoisotopic (exact) mass is 546 g/mol. The van der Waals surface area contributed by atoms with Crippen LogP contribution in [0, 0.1) is 23.2 Å². The number of ketones is 1. The van der Waals surface area contributed by atoms with E-state index in [1.807, 2.05) is 17.0 Å². The quantitative estimate of drug-likeness (QED) is 0.195. The number of hydrogen-bond donors (Lipinski definition) is 1. The third kappa shape index (κ3) is 5.19. The average Bonchev–Trinajstić information content (AvgIpc) is 3.31. The Balaban J connectivity index is 1.30. The number of rotatable bonds is 10. The number of hydrogen-bond acceptors (Lipinski definition) is 6. The normalized spacial score (nSPS) is 23.9. The minimum atomic E-state index is -1.19. The fourth-order valence-corrected chi connectivity index (χ4v) is 7.45. The van der Waals surface area contributed by atoms with Crippen LogP contribution in [0.4, 0.5) is 5.69 Å². The summed E-state index contributed by atoms with van der Waals surface area (Å²) >= 11 is 0. The molecule has 1 N–H and O–H groups in total. The lowest BCUT2D eigenvalue weighted by atomic mass is 9.81. The maximum absolute atomic E-state index is 13.9. The van der Waals surface area contributed by atoms with Crippen LogP contribution >= 0.6 is 0 Å². The topological polar surface area (TPSA) is 80.5 Å². The van der Waals surface area contributed by atoms with Crippen LogP contribution in [0.1, 0.15) is 43.0 Å². The molecule has 7 nitrogen and oxygen atoms in total. The Morgan fingerprint density at radius 2 is 1.92 bits per heavy atom. The summed E-state index contributed by atoms with van der Waals surface area (Å²) < 4.78 is 8.03. The third-order valence-electron chi connectivity index (χ3n) is 9.38. The van der Waals surface area contributed by atoms with Gasteiger partial charge in [-0.2, -0.15) is 0 Å². The first-order chi connectivity index (χ1) is 18.7. The zero-order valence-electron chi connectivity index (χ0n) is 23.8. The number of aliphatic hydroxyl groups excluding tert-OH is 1. The largest absolute Gasteiger partial charge is 0.396 e. The highest BCUT2D eigenvalue weighted by molar-refractivity contribution is 6.76. The lowest BCUT2D eigenvalue weighted by Crippen LogP contribution is -2.24. The Bertz CT molecular complexity index is 1360. The summed E-state index contributed by atoms with van der Waals surface area (Å²) in [7, 11) is -1.19. The number of fused-ring (bicyclic) bond motifs is 2. The molecule has 0 amide bonds. The molecular formula is C31H42N4O3Si. The van der Waals surface area contributed by atoms with Crippen LogP contribution in [0.2, 0.25) is 25.7 Å². The zero-order valence-corrected chi connectivity index (χ0v) is 24.8. The number of carbonyl (C=O) groups is 1. The molecule has 1 saturated heterocycles. The molecule has 3 fully saturated rings. The van der Waals surface area contributed by atoms with Crippen LogP contribution in [0.25, 0.3) is 22.4 Å². The van der Waals surface area contributed by atoms with E-state index >= 15 is 0 Å². The molecule has 3 heterocycles. The Labute approximate surface area is 232 Å². The SMILES string of the molecule is CC1(C(=O)c2cn(COCC[Si](C)(C)C)c3ncc(-c4cccc(N5C[C@@H]6[C@H](CO)[C@@H]6C5)c4)nc23)CCCC1. The van der Waals surface area contributed by atoms with Crippen LogP contribution in [0.3, 0.4) is 0 Å². The van der Waals surface area contributed by atoms with Crippen molar-refractivity contribution < 1.29 is 14.6 Å². The summed E-state index contributed by atoms with van der Waals surface area (Å²) in [6, 6.07) is 9.58. The van der Waals surface area contributed by atoms with E-state index in [4.69, 9.17) is 14.7 Å². The highest BCUT2D eigenvalue weighted by atomic mass is 28.3. The smallest absolute Gasteiger partial charge is 0.172 e. The molecule has 0 spiro atoms. The van der Waals surface area contributed by atoms with Gasteiger partial charge in [0.25, 0.3) is 0 Å². The Morgan fingerprint density at radius 3 is 2.62 bits per heavy atom. The molecule has 0 unspecified atom stereocenters. The summed E-state index contributed by atoms with van der Waals surface area (Å²) in [5.74, 6) is 1.90. The number of anilines is 1. The van der Waals surface area contributed by atoms with Crippen LogP contribution < -0.4 is 4.90 Å². The zero-order chi connectivity index (χ0) is 27.4. The van der Waals surface area contributed by atoms with E-state index in [0.717, 1.165) is 56.1 Å². The molecule has 2 aromatic heterocycles. The van der Waals surface area contributed by atoms with Crippen molar-refractivity contribution in [1.82, 2.24) is 14.5 Å². The van der Waals surface area contributed by atoms with Crippen molar-refractivity contribution in [3.63, 3.8) is 0 Å². The van der Waals surface area contributed by atoms with Gasteiger partial charge < -0.3 is 19.3 Å². The molecule has 6 rings (SSSR count). The fourth-order valence-electron chi connectivity index (χ4n) is 6.70. The highest BCUT2D eigenvalue weighted by Gasteiger charge is 2.55. The van der Waals surface area contributed by atoms with Crippen molar-refractivity contribution >= 4 is 30.7 Å². The lowest BCUT2D eigenvalue weighted by Gasteiger charge is -2.22. The molecule has 2 aliphatic carbocycles. The van der Waals surface area contributed by atoms with Gasteiger partial charge >= 0.3 is 0 Å². The molecule has 2 saturated carbocycles. The van der Waals surface area contributed by atoms with Gasteiger partial charge in [-0.1, -0.05) is 51.5 Å². The number of piperidine rings is 1. The van der Waals surface area contributed by atoms with Crippen molar-refractivity contribution in [3.8, 4) is 11.3 Å². The van der Waals surface area contributed by atoms with Gasteiger partial charge in [0, 0.05) is 57.2 Å². The number of aromatic nitrogens is 3. The summed E-state index contributed by atoms with van der Waals surface area (Å²) in [5.41, 5.74) is 4.69. The van der Waals surface area contributed by atoms with Crippen molar-refractivity contribution in [2.24, 2.45) is 23.2 Å². The Morgan fingerprint density at radius 1 is 1.18 bits per heavy atom. The molecular weight excluding hydrogens is 504 g/mol. The van der Waals surface area contributed by atoms with Crippen molar-refractivity contribution in [1.29, 1.82) is 0 Å². The minimum Gasteiger partial charge on any atom is -0.396 e. The highest BCUT2D eigenvalue weighted by Crippen LogP contribution is 2.52. The van der Waals surface area contributed by atoms with Crippen molar-refractivity contribution in [2.45, 2.75) is 65.0 Å². The molecule has 3 aliphatic rings. The molecule has 1 aliphatic heterocycles.